The predicted octanol–water partition coefficient (Wildman–Crippen LogP) is 3.56. The molecule has 3 nitrogen and oxygen atoms in total. The third-order valence-corrected chi connectivity index (χ3v) is 3.67. The lowest BCUT2D eigenvalue weighted by Crippen LogP contribution is -2.27. The molecular weight excluding hydrogens is 318 g/mol. The number of halogens is 1. The number of phenols is 1. The van der Waals surface area contributed by atoms with Crippen LogP contribution in [0.2, 0.25) is 0 Å². The topological polar surface area (TPSA) is 40.5 Å². The highest BCUT2D eigenvalue weighted by molar-refractivity contribution is 9.08. The van der Waals surface area contributed by atoms with E-state index in [1.165, 1.54) is 0 Å². The Hall–Kier alpha value is -1.81. The first-order valence-electron chi connectivity index (χ1n) is 6.29. The largest absolute Gasteiger partial charge is 0.508 e. The molecule has 2 aromatic rings. The van der Waals surface area contributed by atoms with Crippen LogP contribution in [-0.4, -0.2) is 23.0 Å². The van der Waals surface area contributed by atoms with Crippen molar-refractivity contribution in [3.8, 4) is 5.75 Å². The van der Waals surface area contributed by atoms with Crippen molar-refractivity contribution in [1.29, 1.82) is 0 Å². The van der Waals surface area contributed by atoms with Crippen LogP contribution in [-0.2, 0) is 11.9 Å². The molecule has 1 amide bonds. The van der Waals surface area contributed by atoms with Gasteiger partial charge in [-0.25, -0.2) is 0 Å². The second-order valence-corrected chi connectivity index (χ2v) is 5.18. The first-order valence-corrected chi connectivity index (χ1v) is 7.41. The van der Waals surface area contributed by atoms with Crippen molar-refractivity contribution in [3.63, 3.8) is 0 Å². The van der Waals surface area contributed by atoms with Crippen LogP contribution in [0.15, 0.2) is 48.5 Å². The molecule has 0 aliphatic heterocycles. The van der Waals surface area contributed by atoms with Gasteiger partial charge in [0, 0.05) is 24.5 Å². The van der Waals surface area contributed by atoms with Gasteiger partial charge in [-0.15, -0.1) is 0 Å². The van der Waals surface area contributed by atoms with Crippen molar-refractivity contribution in [2.75, 3.05) is 7.05 Å². The quantitative estimate of drug-likeness (QED) is 0.869. The Morgan fingerprint density at radius 3 is 2.65 bits per heavy atom. The molecule has 0 aliphatic carbocycles. The zero-order chi connectivity index (χ0) is 14.5. The predicted molar refractivity (Wildman–Crippen MR) is 83.0 cm³/mol. The lowest BCUT2D eigenvalue weighted by atomic mass is 10.1. The van der Waals surface area contributed by atoms with Crippen LogP contribution in [0.4, 0.5) is 0 Å². The molecule has 0 radical (unpaired) electrons. The Labute approximate surface area is 127 Å². The van der Waals surface area contributed by atoms with Crippen molar-refractivity contribution < 1.29 is 9.90 Å². The summed E-state index contributed by atoms with van der Waals surface area (Å²) in [6.45, 7) is 0.462. The van der Waals surface area contributed by atoms with Crippen LogP contribution < -0.4 is 0 Å². The Morgan fingerprint density at radius 2 is 1.95 bits per heavy atom. The molecule has 20 heavy (non-hydrogen) atoms. The van der Waals surface area contributed by atoms with Gasteiger partial charge in [-0.2, -0.15) is 0 Å². The van der Waals surface area contributed by atoms with Gasteiger partial charge in [0.05, 0.1) is 0 Å². The number of hydrogen-bond donors (Lipinski definition) is 1. The molecule has 0 bridgehead atoms. The van der Waals surface area contributed by atoms with E-state index in [1.54, 1.807) is 30.1 Å². The number of carbonyl (C=O) groups excluding carboxylic acids is 1. The average molecular weight is 334 g/mol. The summed E-state index contributed by atoms with van der Waals surface area (Å²) in [6.07, 6.45) is 0. The fourth-order valence-corrected chi connectivity index (χ4v) is 2.54. The SMILES string of the molecule is CN(Cc1cccc(O)c1)C(=O)c1ccccc1CBr. The molecule has 0 aromatic heterocycles. The second-order valence-electron chi connectivity index (χ2n) is 4.62. The van der Waals surface area contributed by atoms with Crippen LogP contribution in [0.25, 0.3) is 0 Å². The van der Waals surface area contributed by atoms with Crippen LogP contribution in [0.1, 0.15) is 21.5 Å². The van der Waals surface area contributed by atoms with E-state index < -0.39 is 0 Å². The summed E-state index contributed by atoms with van der Waals surface area (Å²) in [5, 5.41) is 10.1. The van der Waals surface area contributed by atoms with Crippen LogP contribution in [0, 0.1) is 0 Å². The van der Waals surface area contributed by atoms with Gasteiger partial charge in [-0.3, -0.25) is 4.79 Å². The molecule has 0 saturated heterocycles. The van der Waals surface area contributed by atoms with Gasteiger partial charge < -0.3 is 10.0 Å². The highest BCUT2D eigenvalue weighted by atomic mass is 79.9. The van der Waals surface area contributed by atoms with Gasteiger partial charge in [0.15, 0.2) is 0 Å². The van der Waals surface area contributed by atoms with Gasteiger partial charge in [-0.05, 0) is 29.3 Å². The zero-order valence-corrected chi connectivity index (χ0v) is 12.8. The summed E-state index contributed by atoms with van der Waals surface area (Å²) < 4.78 is 0. The van der Waals surface area contributed by atoms with Gasteiger partial charge >= 0.3 is 0 Å². The molecule has 104 valence electrons. The fraction of sp³-hybridized carbons (Fsp3) is 0.188. The van der Waals surface area contributed by atoms with E-state index in [0.717, 1.165) is 11.1 Å². The van der Waals surface area contributed by atoms with Crippen molar-refractivity contribution in [2.45, 2.75) is 11.9 Å². The van der Waals surface area contributed by atoms with Crippen LogP contribution in [0.3, 0.4) is 0 Å². The maximum Gasteiger partial charge on any atom is 0.254 e. The smallest absolute Gasteiger partial charge is 0.254 e. The van der Waals surface area contributed by atoms with Gasteiger partial charge in [0.2, 0.25) is 0 Å². The molecule has 0 saturated carbocycles. The first kappa shape index (κ1) is 14.6. The number of hydrogen-bond acceptors (Lipinski definition) is 2. The number of rotatable bonds is 4. The Bertz CT molecular complexity index is 613. The van der Waals surface area contributed by atoms with E-state index >= 15 is 0 Å². The molecule has 0 unspecified atom stereocenters. The van der Waals surface area contributed by atoms with E-state index in [9.17, 15) is 9.90 Å². The molecule has 0 atom stereocenters. The van der Waals surface area contributed by atoms with Crippen LogP contribution >= 0.6 is 15.9 Å². The molecule has 4 heteroatoms. The minimum absolute atomic E-state index is 0.0246. The molecule has 2 aromatic carbocycles. The number of nitrogens with zero attached hydrogens (tertiary/aromatic N) is 1. The van der Waals surface area contributed by atoms with Crippen molar-refractivity contribution >= 4 is 21.8 Å². The lowest BCUT2D eigenvalue weighted by Gasteiger charge is -2.19. The van der Waals surface area contributed by atoms with Gasteiger partial charge in [0.25, 0.3) is 5.91 Å². The molecule has 0 heterocycles. The van der Waals surface area contributed by atoms with Gasteiger partial charge in [-0.1, -0.05) is 46.3 Å². The number of aromatic hydroxyl groups is 1. The van der Waals surface area contributed by atoms with E-state index in [2.05, 4.69) is 15.9 Å². The summed E-state index contributed by atoms with van der Waals surface area (Å²) >= 11 is 3.40. The van der Waals surface area contributed by atoms with E-state index in [-0.39, 0.29) is 11.7 Å². The van der Waals surface area contributed by atoms with Crippen molar-refractivity contribution in [3.05, 3.63) is 65.2 Å². The highest BCUT2D eigenvalue weighted by Crippen LogP contribution is 2.17. The summed E-state index contributed by atoms with van der Waals surface area (Å²) in [4.78, 5) is 14.1. The molecule has 1 N–H and O–H groups in total. The summed E-state index contributed by atoms with van der Waals surface area (Å²) in [5.74, 6) is 0.188. The zero-order valence-electron chi connectivity index (χ0n) is 11.2. The minimum Gasteiger partial charge on any atom is -0.508 e. The molecule has 0 fully saturated rings. The van der Waals surface area contributed by atoms with Crippen molar-refractivity contribution in [2.24, 2.45) is 0 Å². The minimum atomic E-state index is -0.0246. The second kappa shape index (κ2) is 6.57. The summed E-state index contributed by atoms with van der Waals surface area (Å²) in [5.41, 5.74) is 2.57. The Balaban J connectivity index is 2.16. The van der Waals surface area contributed by atoms with Crippen molar-refractivity contribution in [1.82, 2.24) is 4.90 Å². The maximum atomic E-state index is 12.5. The molecule has 0 spiro atoms. The number of benzene rings is 2. The fourth-order valence-electron chi connectivity index (χ4n) is 2.05. The number of carbonyl (C=O) groups is 1. The average Bonchev–Trinajstić information content (AvgIpc) is 2.46. The summed E-state index contributed by atoms with van der Waals surface area (Å²) in [6, 6.07) is 14.5. The Morgan fingerprint density at radius 1 is 1.20 bits per heavy atom. The third kappa shape index (κ3) is 3.39. The normalized spacial score (nSPS) is 10.3. The first-order chi connectivity index (χ1) is 9.61. The summed E-state index contributed by atoms with van der Waals surface area (Å²) in [7, 11) is 1.76. The maximum absolute atomic E-state index is 12.5. The number of phenolic OH excluding ortho intramolecular Hbond substituents is 1. The molecule has 2 rings (SSSR count). The molecular formula is C16H16BrNO2. The van der Waals surface area contributed by atoms with E-state index in [4.69, 9.17) is 0 Å². The Kier molecular flexibility index (Phi) is 4.79. The molecule has 0 aliphatic rings. The number of amides is 1. The number of alkyl halides is 1. The monoisotopic (exact) mass is 333 g/mol. The third-order valence-electron chi connectivity index (χ3n) is 3.07. The lowest BCUT2D eigenvalue weighted by molar-refractivity contribution is 0.0784. The highest BCUT2D eigenvalue weighted by Gasteiger charge is 2.15. The van der Waals surface area contributed by atoms with Gasteiger partial charge in [0.1, 0.15) is 5.75 Å². The van der Waals surface area contributed by atoms with E-state index in [1.807, 2.05) is 30.3 Å². The van der Waals surface area contributed by atoms with E-state index in [0.29, 0.717) is 17.4 Å². The standard InChI is InChI=1S/C16H16BrNO2/c1-18(11-12-5-4-7-14(19)9-12)16(20)15-8-3-2-6-13(15)10-17/h2-9,19H,10-11H2,1H3. The van der Waals surface area contributed by atoms with Crippen LogP contribution in [0.5, 0.6) is 5.75 Å².